The fourth-order valence-electron chi connectivity index (χ4n) is 3.29. The van der Waals surface area contributed by atoms with Gasteiger partial charge >= 0.3 is 6.36 Å². The number of alkyl halides is 3. The fourth-order valence-corrected chi connectivity index (χ4v) is 3.29. The van der Waals surface area contributed by atoms with E-state index in [2.05, 4.69) is 10.1 Å². The molecule has 1 amide bonds. The van der Waals surface area contributed by atoms with Gasteiger partial charge in [-0.25, -0.2) is 0 Å². The molecule has 3 rings (SSSR count). The number of hydrogen-bond donors (Lipinski definition) is 1. The zero-order valence-electron chi connectivity index (χ0n) is 14.2. The standard InChI is InChI=1S/C20H20F3NO2/c21-20(22,23)26-16-11-12-17(14-7-3-1-4-8-14)18(13-16)24-19(25)15-9-5-2-6-10-15/h1,3-4,7-8,11-13,15H,2,5-6,9-10H2,(H,24,25). The predicted molar refractivity (Wildman–Crippen MR) is 93.8 cm³/mol. The summed E-state index contributed by atoms with van der Waals surface area (Å²) >= 11 is 0. The van der Waals surface area contributed by atoms with Crippen molar-refractivity contribution >= 4 is 11.6 Å². The molecule has 26 heavy (non-hydrogen) atoms. The van der Waals surface area contributed by atoms with Gasteiger partial charge in [0.2, 0.25) is 5.91 Å². The Morgan fingerprint density at radius 2 is 1.69 bits per heavy atom. The van der Waals surface area contributed by atoms with Gasteiger partial charge in [0.15, 0.2) is 0 Å². The van der Waals surface area contributed by atoms with Crippen molar-refractivity contribution in [2.24, 2.45) is 5.92 Å². The number of nitrogens with one attached hydrogen (secondary N) is 1. The van der Waals surface area contributed by atoms with E-state index in [9.17, 15) is 18.0 Å². The number of hydrogen-bond acceptors (Lipinski definition) is 2. The number of amides is 1. The summed E-state index contributed by atoms with van der Waals surface area (Å²) in [5.41, 5.74) is 1.79. The third kappa shape index (κ3) is 4.77. The molecule has 1 saturated carbocycles. The molecule has 0 aliphatic heterocycles. The SMILES string of the molecule is O=C(Nc1cc(OC(F)(F)F)ccc1-c1ccccc1)C1CCCCC1. The second-order valence-electron chi connectivity index (χ2n) is 6.45. The molecule has 2 aromatic carbocycles. The number of carbonyl (C=O) groups is 1. The minimum absolute atomic E-state index is 0.0976. The minimum atomic E-state index is -4.78. The summed E-state index contributed by atoms with van der Waals surface area (Å²) in [5.74, 6) is -0.596. The normalized spacial score (nSPS) is 15.5. The molecule has 0 bridgehead atoms. The molecule has 3 nitrogen and oxygen atoms in total. The van der Waals surface area contributed by atoms with Gasteiger partial charge in [0.25, 0.3) is 0 Å². The van der Waals surface area contributed by atoms with Gasteiger partial charge in [-0.1, -0.05) is 49.6 Å². The van der Waals surface area contributed by atoms with E-state index in [4.69, 9.17) is 0 Å². The number of rotatable bonds is 4. The maximum absolute atomic E-state index is 12.6. The lowest BCUT2D eigenvalue weighted by Crippen LogP contribution is -2.25. The highest BCUT2D eigenvalue weighted by Crippen LogP contribution is 2.34. The third-order valence-corrected chi connectivity index (χ3v) is 4.54. The zero-order valence-corrected chi connectivity index (χ0v) is 14.2. The Hall–Kier alpha value is -2.50. The van der Waals surface area contributed by atoms with Gasteiger partial charge in [-0.05, 0) is 30.5 Å². The Balaban J connectivity index is 1.90. The molecule has 0 heterocycles. The average molecular weight is 363 g/mol. The largest absolute Gasteiger partial charge is 0.573 e. The van der Waals surface area contributed by atoms with Crippen LogP contribution in [0, 0.1) is 5.92 Å². The van der Waals surface area contributed by atoms with Crippen molar-refractivity contribution in [2.45, 2.75) is 38.5 Å². The monoisotopic (exact) mass is 363 g/mol. The summed E-state index contributed by atoms with van der Waals surface area (Å²) in [5, 5.41) is 2.82. The zero-order chi connectivity index (χ0) is 18.6. The smallest absolute Gasteiger partial charge is 0.406 e. The van der Waals surface area contributed by atoms with E-state index in [0.717, 1.165) is 37.7 Å². The topological polar surface area (TPSA) is 38.3 Å². The van der Waals surface area contributed by atoms with Gasteiger partial charge in [-0.2, -0.15) is 0 Å². The Labute approximate surface area is 150 Å². The second kappa shape index (κ2) is 7.81. The van der Waals surface area contributed by atoms with Crippen LogP contribution >= 0.6 is 0 Å². The second-order valence-corrected chi connectivity index (χ2v) is 6.45. The highest BCUT2D eigenvalue weighted by atomic mass is 19.4. The van der Waals surface area contributed by atoms with E-state index >= 15 is 0 Å². The Kier molecular flexibility index (Phi) is 5.49. The quantitative estimate of drug-likeness (QED) is 0.749. The van der Waals surface area contributed by atoms with Gasteiger partial charge < -0.3 is 10.1 Å². The molecule has 1 fully saturated rings. The summed E-state index contributed by atoms with van der Waals surface area (Å²) in [4.78, 5) is 12.6. The van der Waals surface area contributed by atoms with Crippen LogP contribution in [0.4, 0.5) is 18.9 Å². The van der Waals surface area contributed by atoms with Crippen molar-refractivity contribution in [3.63, 3.8) is 0 Å². The first-order valence-corrected chi connectivity index (χ1v) is 8.68. The number of anilines is 1. The van der Waals surface area contributed by atoms with Crippen LogP contribution in [-0.2, 0) is 4.79 Å². The molecule has 1 aliphatic carbocycles. The molecule has 138 valence electrons. The summed E-state index contributed by atoms with van der Waals surface area (Å²) in [6.45, 7) is 0. The van der Waals surface area contributed by atoms with Crippen molar-refractivity contribution in [3.05, 3.63) is 48.5 Å². The lowest BCUT2D eigenvalue weighted by molar-refractivity contribution is -0.274. The molecular formula is C20H20F3NO2. The van der Waals surface area contributed by atoms with Gasteiger partial charge in [-0.15, -0.1) is 13.2 Å². The van der Waals surface area contributed by atoms with E-state index < -0.39 is 6.36 Å². The van der Waals surface area contributed by atoms with Crippen LogP contribution in [0.5, 0.6) is 5.75 Å². The van der Waals surface area contributed by atoms with Crippen LogP contribution in [0.3, 0.4) is 0 Å². The van der Waals surface area contributed by atoms with Crippen LogP contribution < -0.4 is 10.1 Å². The maximum Gasteiger partial charge on any atom is 0.573 e. The highest BCUT2D eigenvalue weighted by molar-refractivity contribution is 5.97. The van der Waals surface area contributed by atoms with Gasteiger partial charge in [0, 0.05) is 17.5 Å². The first-order valence-electron chi connectivity index (χ1n) is 8.68. The van der Waals surface area contributed by atoms with Crippen molar-refractivity contribution in [1.82, 2.24) is 0 Å². The Morgan fingerprint density at radius 3 is 2.35 bits per heavy atom. The molecule has 0 aromatic heterocycles. The molecule has 1 N–H and O–H groups in total. The molecule has 0 spiro atoms. The predicted octanol–water partition coefficient (Wildman–Crippen LogP) is 5.77. The fraction of sp³-hybridized carbons (Fsp3) is 0.350. The van der Waals surface area contributed by atoms with Crippen molar-refractivity contribution in [2.75, 3.05) is 5.32 Å². The number of ether oxygens (including phenoxy) is 1. The van der Waals surface area contributed by atoms with Gasteiger partial charge in [0.1, 0.15) is 5.75 Å². The Bertz CT molecular complexity index is 753. The van der Waals surface area contributed by atoms with E-state index in [1.54, 1.807) is 0 Å². The van der Waals surface area contributed by atoms with Crippen molar-refractivity contribution in [3.8, 4) is 16.9 Å². The van der Waals surface area contributed by atoms with E-state index in [-0.39, 0.29) is 17.6 Å². The summed E-state index contributed by atoms with van der Waals surface area (Å²) in [6, 6.07) is 13.2. The molecular weight excluding hydrogens is 343 g/mol. The lowest BCUT2D eigenvalue weighted by atomic mass is 9.88. The Morgan fingerprint density at radius 1 is 1.00 bits per heavy atom. The van der Waals surface area contributed by atoms with E-state index in [1.165, 1.54) is 18.2 Å². The molecule has 0 radical (unpaired) electrons. The molecule has 2 aromatic rings. The van der Waals surface area contributed by atoms with Crippen molar-refractivity contribution < 1.29 is 22.7 Å². The van der Waals surface area contributed by atoms with Gasteiger partial charge in [-0.3, -0.25) is 4.79 Å². The molecule has 0 atom stereocenters. The van der Waals surface area contributed by atoms with Gasteiger partial charge in [0.05, 0.1) is 5.69 Å². The number of benzene rings is 2. The highest BCUT2D eigenvalue weighted by Gasteiger charge is 2.31. The molecule has 0 unspecified atom stereocenters. The van der Waals surface area contributed by atoms with E-state index in [1.807, 2.05) is 30.3 Å². The van der Waals surface area contributed by atoms with Crippen molar-refractivity contribution in [1.29, 1.82) is 0 Å². The molecule has 1 aliphatic rings. The average Bonchev–Trinajstić information content (AvgIpc) is 2.62. The van der Waals surface area contributed by atoms with Crippen LogP contribution in [0.1, 0.15) is 32.1 Å². The first kappa shape index (κ1) is 18.3. The van der Waals surface area contributed by atoms with Crippen LogP contribution in [0.2, 0.25) is 0 Å². The lowest BCUT2D eigenvalue weighted by Gasteiger charge is -2.22. The number of carbonyl (C=O) groups excluding carboxylic acids is 1. The maximum atomic E-state index is 12.6. The van der Waals surface area contributed by atoms with E-state index in [0.29, 0.717) is 11.3 Å². The van der Waals surface area contributed by atoms with Crippen LogP contribution in [0.25, 0.3) is 11.1 Å². The van der Waals surface area contributed by atoms with Crippen LogP contribution in [-0.4, -0.2) is 12.3 Å². The number of halogens is 3. The molecule has 0 saturated heterocycles. The summed E-state index contributed by atoms with van der Waals surface area (Å²) in [6.07, 6.45) is -0.0366. The third-order valence-electron chi connectivity index (χ3n) is 4.54. The summed E-state index contributed by atoms with van der Waals surface area (Å²) < 4.78 is 41.6. The molecule has 6 heteroatoms. The summed E-state index contributed by atoms with van der Waals surface area (Å²) in [7, 11) is 0. The first-order chi connectivity index (χ1) is 12.4. The minimum Gasteiger partial charge on any atom is -0.406 e. The van der Waals surface area contributed by atoms with Crippen LogP contribution in [0.15, 0.2) is 48.5 Å².